The van der Waals surface area contributed by atoms with E-state index in [1.54, 1.807) is 32.9 Å². The molecule has 0 aliphatic carbocycles. The van der Waals surface area contributed by atoms with Crippen molar-refractivity contribution in [2.75, 3.05) is 12.4 Å². The van der Waals surface area contributed by atoms with Gasteiger partial charge in [-0.3, -0.25) is 19.3 Å². The summed E-state index contributed by atoms with van der Waals surface area (Å²) < 4.78 is 10.3. The zero-order valence-electron chi connectivity index (χ0n) is 18.9. The van der Waals surface area contributed by atoms with Crippen LogP contribution in [0.5, 0.6) is 0 Å². The number of hydrogen-bond donors (Lipinski definition) is 2. The topological polar surface area (TPSA) is 139 Å². The summed E-state index contributed by atoms with van der Waals surface area (Å²) in [5.41, 5.74) is -0.900. The normalized spacial score (nSPS) is 21.9. The Balaban J connectivity index is 1.91. The molecule has 2 aliphatic rings. The number of nitrogens with one attached hydrogen (secondary N) is 1. The van der Waals surface area contributed by atoms with Gasteiger partial charge in [0.1, 0.15) is 23.3 Å². The van der Waals surface area contributed by atoms with Gasteiger partial charge in [-0.05, 0) is 44.0 Å². The molecule has 2 amide bonds. The van der Waals surface area contributed by atoms with Gasteiger partial charge >= 0.3 is 17.2 Å². The highest BCUT2D eigenvalue weighted by Crippen LogP contribution is 2.52. The Morgan fingerprint density at radius 1 is 1.32 bits per heavy atom. The van der Waals surface area contributed by atoms with E-state index in [0.29, 0.717) is 11.8 Å². The molecule has 0 aromatic carbocycles. The number of thioether (sulfide) groups is 2. The molecule has 2 aliphatic heterocycles. The Bertz CT molecular complexity index is 1050. The Morgan fingerprint density at radius 2 is 2.03 bits per heavy atom. The van der Waals surface area contributed by atoms with E-state index in [1.807, 2.05) is 5.38 Å². The van der Waals surface area contributed by atoms with Gasteiger partial charge in [0.05, 0.1) is 6.42 Å². The van der Waals surface area contributed by atoms with E-state index in [1.165, 1.54) is 30.0 Å². The lowest BCUT2D eigenvalue weighted by Gasteiger charge is -2.56. The number of hydrogen-bond acceptors (Lipinski definition) is 10. The summed E-state index contributed by atoms with van der Waals surface area (Å²) >= 11 is 3.07. The van der Waals surface area contributed by atoms with Gasteiger partial charge in [0.2, 0.25) is 10.8 Å². The molecule has 3 rings (SSSR count). The number of β-lactam (4-membered cyclic amide) rings is 1. The number of thiophene rings is 1. The number of ether oxygens (including phenoxy) is 2. The fraction of sp³-hybridized carbons (Fsp3) is 0.476. The summed E-state index contributed by atoms with van der Waals surface area (Å²) in [6.07, 6.45) is -0.00170. The molecule has 2 atom stereocenters. The van der Waals surface area contributed by atoms with Gasteiger partial charge in [-0.2, -0.15) is 0 Å². The van der Waals surface area contributed by atoms with Crippen molar-refractivity contribution in [2.24, 2.45) is 0 Å². The van der Waals surface area contributed by atoms with Crippen LogP contribution in [0.2, 0.25) is 0 Å². The predicted molar refractivity (Wildman–Crippen MR) is 127 cm³/mol. The number of esters is 1. The zero-order chi connectivity index (χ0) is 25.3. The molecule has 0 radical (unpaired) electrons. The lowest BCUT2D eigenvalue weighted by molar-refractivity contribution is -0.153. The van der Waals surface area contributed by atoms with Crippen LogP contribution in [0, 0.1) is 0 Å². The van der Waals surface area contributed by atoms with Gasteiger partial charge in [0, 0.05) is 23.1 Å². The summed E-state index contributed by atoms with van der Waals surface area (Å²) in [6, 6.07) is 3.56. The first kappa shape index (κ1) is 26.1. The highest BCUT2D eigenvalue weighted by molar-refractivity contribution is 8.16. The second kappa shape index (κ2) is 10.0. The average molecular weight is 529 g/mol. The van der Waals surface area contributed by atoms with Gasteiger partial charge in [-0.25, -0.2) is 9.59 Å². The molecular formula is C21H24N2O8S3. The summed E-state index contributed by atoms with van der Waals surface area (Å²) in [6.45, 7) is 5.93. The molecule has 184 valence electrons. The van der Waals surface area contributed by atoms with E-state index in [0.717, 1.165) is 9.78 Å². The highest BCUT2D eigenvalue weighted by Gasteiger charge is 2.67. The molecule has 1 fully saturated rings. The van der Waals surface area contributed by atoms with Crippen LogP contribution in [0.1, 0.15) is 32.6 Å². The van der Waals surface area contributed by atoms with Crippen molar-refractivity contribution in [3.63, 3.8) is 0 Å². The first-order valence-electron chi connectivity index (χ1n) is 10.1. The lowest BCUT2D eigenvalue weighted by atomic mass is 10.0. The lowest BCUT2D eigenvalue weighted by Crippen LogP contribution is -2.78. The third-order valence-corrected chi connectivity index (χ3v) is 8.13. The Kier molecular flexibility index (Phi) is 7.68. The number of carboxylic acids is 1. The maximum absolute atomic E-state index is 13.4. The molecule has 1 aromatic heterocycles. The first-order chi connectivity index (χ1) is 15.8. The molecule has 13 heteroatoms. The summed E-state index contributed by atoms with van der Waals surface area (Å²) in [7, 11) is 0. The smallest absolute Gasteiger partial charge is 0.370 e. The van der Waals surface area contributed by atoms with Crippen LogP contribution in [0.15, 0.2) is 28.8 Å². The molecular weight excluding hydrogens is 504 g/mol. The second-order valence-electron chi connectivity index (χ2n) is 8.48. The van der Waals surface area contributed by atoms with E-state index < -0.39 is 44.9 Å². The number of carbonyl (C=O) groups is 5. The molecule has 34 heavy (non-hydrogen) atoms. The molecule has 10 nitrogen and oxygen atoms in total. The van der Waals surface area contributed by atoms with Crippen LogP contribution < -0.4 is 5.32 Å². The minimum atomic E-state index is -1.74. The first-order valence-corrected chi connectivity index (χ1v) is 12.9. The van der Waals surface area contributed by atoms with Crippen LogP contribution in [0.25, 0.3) is 0 Å². The zero-order valence-corrected chi connectivity index (χ0v) is 21.4. The van der Waals surface area contributed by atoms with Crippen molar-refractivity contribution < 1.29 is 38.6 Å². The maximum Gasteiger partial charge on any atom is 0.370 e. The van der Waals surface area contributed by atoms with Crippen molar-refractivity contribution >= 4 is 63.9 Å². The number of rotatable bonds is 7. The number of carboxylic acid groups (broad SMARTS) is 1. The van der Waals surface area contributed by atoms with E-state index in [2.05, 4.69) is 5.32 Å². The van der Waals surface area contributed by atoms with Crippen LogP contribution >= 0.6 is 34.9 Å². The van der Waals surface area contributed by atoms with Gasteiger partial charge in [-0.15, -0.1) is 23.1 Å². The van der Waals surface area contributed by atoms with E-state index in [-0.39, 0.29) is 30.1 Å². The third-order valence-electron chi connectivity index (χ3n) is 4.64. The minimum Gasteiger partial charge on any atom is -0.477 e. The highest BCUT2D eigenvalue weighted by atomic mass is 32.2. The average Bonchev–Trinajstić information content (AvgIpc) is 3.21. The summed E-state index contributed by atoms with van der Waals surface area (Å²) in [4.78, 5) is 62.2. The Labute approximate surface area is 208 Å². The van der Waals surface area contributed by atoms with E-state index in [4.69, 9.17) is 9.47 Å². The van der Waals surface area contributed by atoms with Crippen LogP contribution in [-0.4, -0.2) is 67.3 Å². The molecule has 0 spiro atoms. The Morgan fingerprint density at radius 3 is 2.59 bits per heavy atom. The number of carbonyl (C=O) groups excluding carboxylic acids is 4. The van der Waals surface area contributed by atoms with Crippen molar-refractivity contribution in [2.45, 2.75) is 50.0 Å². The molecule has 0 saturated carbocycles. The van der Waals surface area contributed by atoms with E-state index >= 15 is 0 Å². The number of nitrogens with zero attached hydrogens (tertiary/aromatic N) is 1. The summed E-state index contributed by atoms with van der Waals surface area (Å²) in [5.74, 6) is -3.09. The van der Waals surface area contributed by atoms with Crippen LogP contribution in [0.4, 0.5) is 4.79 Å². The largest absolute Gasteiger partial charge is 0.477 e. The van der Waals surface area contributed by atoms with Gasteiger partial charge < -0.3 is 19.9 Å². The van der Waals surface area contributed by atoms with E-state index in [9.17, 15) is 29.1 Å². The van der Waals surface area contributed by atoms with Crippen molar-refractivity contribution in [1.82, 2.24) is 10.2 Å². The van der Waals surface area contributed by atoms with Gasteiger partial charge in [-0.1, -0.05) is 6.07 Å². The van der Waals surface area contributed by atoms with Gasteiger partial charge in [0.25, 0.3) is 5.91 Å². The van der Waals surface area contributed by atoms with Crippen LogP contribution in [-0.2, 0) is 35.1 Å². The van der Waals surface area contributed by atoms with Gasteiger partial charge in [0.15, 0.2) is 0 Å². The van der Waals surface area contributed by atoms with Crippen molar-refractivity contribution in [3.05, 3.63) is 33.7 Å². The molecule has 3 heterocycles. The number of fused-ring (bicyclic) bond motifs is 1. The number of amides is 2. The molecule has 1 aromatic rings. The predicted octanol–water partition coefficient (Wildman–Crippen LogP) is 2.59. The molecule has 0 bridgehead atoms. The third kappa shape index (κ3) is 5.58. The standard InChI is InChI=1S/C21H24N2O8S3/c1-11(24)30-9-12-10-33-18-21(34-19(29)31-20(2,3)4,17(28)23(18)15(12)16(26)27)22-14(25)8-13-6-5-7-32-13/h5-7,18H,8-10H2,1-4H3,(H,22,25)(H,26,27)/t18-,21?/m1/s1. The fourth-order valence-corrected chi connectivity index (χ4v) is 6.84. The fourth-order valence-electron chi connectivity index (χ4n) is 3.35. The second-order valence-corrected chi connectivity index (χ2v) is 11.8. The number of aliphatic carboxylic acids is 1. The SMILES string of the molecule is CC(=O)OCC1=C(C(=O)O)N2C(=O)C(NC(=O)Cc3cccs3)(SC(=O)OC(C)(C)C)[C@H]2SC1. The monoisotopic (exact) mass is 528 g/mol. The van der Waals surface area contributed by atoms with Crippen molar-refractivity contribution in [1.29, 1.82) is 0 Å². The van der Waals surface area contributed by atoms with Crippen molar-refractivity contribution in [3.8, 4) is 0 Å². The maximum atomic E-state index is 13.4. The summed E-state index contributed by atoms with van der Waals surface area (Å²) in [5, 5.41) is 12.6. The minimum absolute atomic E-state index is 0.00170. The molecule has 1 unspecified atom stereocenters. The quantitative estimate of drug-likeness (QED) is 0.308. The van der Waals surface area contributed by atoms with Crippen LogP contribution in [0.3, 0.4) is 0 Å². The molecule has 1 saturated heterocycles. The molecule has 2 N–H and O–H groups in total. The Hall–Kier alpha value is -2.51.